The fraction of sp³-hybridized carbons (Fsp3) is 0.167. The molecular formula is C6H7N5O. The molecule has 12 heavy (non-hydrogen) atoms. The Morgan fingerprint density at radius 2 is 2.42 bits per heavy atom. The third-order valence-electron chi connectivity index (χ3n) is 1.66. The molecule has 0 aliphatic heterocycles. The molecular weight excluding hydrogens is 158 g/mol. The molecule has 2 heterocycles. The largest absolute Gasteiger partial charge is 0.366 e. The zero-order valence-electron chi connectivity index (χ0n) is 6.40. The van der Waals surface area contributed by atoms with Crippen LogP contribution in [0.15, 0.2) is 11.0 Å². The Balaban J connectivity index is 3.09. The molecule has 0 saturated carbocycles. The van der Waals surface area contributed by atoms with Crippen LogP contribution in [-0.2, 0) is 0 Å². The van der Waals surface area contributed by atoms with E-state index < -0.39 is 0 Å². The number of hydrogen-bond donors (Lipinski definition) is 2. The Kier molecular flexibility index (Phi) is 1.18. The van der Waals surface area contributed by atoms with Crippen LogP contribution in [0, 0.1) is 6.92 Å². The highest BCUT2D eigenvalue weighted by molar-refractivity contribution is 5.53. The molecule has 0 atom stereocenters. The van der Waals surface area contributed by atoms with Crippen LogP contribution in [0.3, 0.4) is 0 Å². The summed E-state index contributed by atoms with van der Waals surface area (Å²) in [4.78, 5) is 11.2. The maximum atomic E-state index is 11.2. The first-order chi connectivity index (χ1) is 5.70. The quantitative estimate of drug-likeness (QED) is 0.540. The van der Waals surface area contributed by atoms with Gasteiger partial charge in [-0.1, -0.05) is 0 Å². The molecule has 2 aromatic rings. The summed E-state index contributed by atoms with van der Waals surface area (Å²) in [7, 11) is 0. The Bertz CT molecular complexity index is 482. The van der Waals surface area contributed by atoms with Gasteiger partial charge in [-0.05, 0) is 6.92 Å². The summed E-state index contributed by atoms with van der Waals surface area (Å²) in [6.45, 7) is 1.79. The van der Waals surface area contributed by atoms with E-state index >= 15 is 0 Å². The lowest BCUT2D eigenvalue weighted by atomic mass is 10.3. The molecule has 0 bridgehead atoms. The molecule has 0 radical (unpaired) electrons. The van der Waals surface area contributed by atoms with Gasteiger partial charge in [0.1, 0.15) is 5.52 Å². The molecule has 0 aliphatic rings. The minimum Gasteiger partial charge on any atom is -0.366 e. The molecule has 0 unspecified atom stereocenters. The van der Waals surface area contributed by atoms with E-state index in [0.717, 1.165) is 5.56 Å². The average Bonchev–Trinajstić information content (AvgIpc) is 2.42. The van der Waals surface area contributed by atoms with Crippen molar-refractivity contribution in [3.8, 4) is 0 Å². The topological polar surface area (TPSA) is 89.1 Å². The lowest BCUT2D eigenvalue weighted by molar-refractivity contribution is 0.865. The first kappa shape index (κ1) is 6.84. The van der Waals surface area contributed by atoms with Gasteiger partial charge in [-0.15, -0.1) is 5.10 Å². The molecule has 0 fully saturated rings. The number of aryl methyl sites for hydroxylation is 1. The summed E-state index contributed by atoms with van der Waals surface area (Å²) in [5.74, 6) is 0.178. The van der Waals surface area contributed by atoms with Crippen LogP contribution < -0.4 is 11.3 Å². The molecule has 0 aliphatic carbocycles. The third-order valence-corrected chi connectivity index (χ3v) is 1.66. The fourth-order valence-electron chi connectivity index (χ4n) is 1.09. The molecule has 0 saturated heterocycles. The number of aromatic amines is 1. The molecule has 2 rings (SSSR count). The predicted molar refractivity (Wildman–Crippen MR) is 42.8 cm³/mol. The van der Waals surface area contributed by atoms with Gasteiger partial charge >= 0.3 is 0 Å². The monoisotopic (exact) mass is 165 g/mol. The second kappa shape index (κ2) is 2.07. The van der Waals surface area contributed by atoms with E-state index in [1.54, 1.807) is 13.1 Å². The van der Waals surface area contributed by atoms with Crippen LogP contribution in [0.5, 0.6) is 0 Å². The van der Waals surface area contributed by atoms with E-state index in [2.05, 4.69) is 15.3 Å². The number of nitrogens with one attached hydrogen (secondary N) is 1. The Morgan fingerprint density at radius 3 is 3.08 bits per heavy atom. The van der Waals surface area contributed by atoms with Crippen LogP contribution >= 0.6 is 0 Å². The Morgan fingerprint density at radius 1 is 1.67 bits per heavy atom. The number of fused-ring (bicyclic) bond motifs is 1. The van der Waals surface area contributed by atoms with E-state index in [4.69, 9.17) is 5.73 Å². The highest BCUT2D eigenvalue weighted by Gasteiger charge is 2.06. The first-order valence-electron chi connectivity index (χ1n) is 3.38. The van der Waals surface area contributed by atoms with Crippen molar-refractivity contribution in [2.24, 2.45) is 0 Å². The molecule has 0 spiro atoms. The second-order valence-electron chi connectivity index (χ2n) is 2.50. The normalized spacial score (nSPS) is 10.8. The summed E-state index contributed by atoms with van der Waals surface area (Å²) in [6, 6.07) is 0. The van der Waals surface area contributed by atoms with Crippen LogP contribution in [-0.4, -0.2) is 19.8 Å². The van der Waals surface area contributed by atoms with E-state index in [1.165, 1.54) is 4.52 Å². The van der Waals surface area contributed by atoms with Crippen molar-refractivity contribution < 1.29 is 0 Å². The fourth-order valence-corrected chi connectivity index (χ4v) is 1.09. The smallest absolute Gasteiger partial charge is 0.290 e. The van der Waals surface area contributed by atoms with Gasteiger partial charge in [-0.2, -0.15) is 9.61 Å². The SMILES string of the molecule is Cc1cnn2c(N)n[nH]c(=O)c12. The second-order valence-corrected chi connectivity index (χ2v) is 2.50. The van der Waals surface area contributed by atoms with Gasteiger partial charge in [0, 0.05) is 5.56 Å². The molecule has 0 aromatic carbocycles. The van der Waals surface area contributed by atoms with Gasteiger partial charge < -0.3 is 5.73 Å². The van der Waals surface area contributed by atoms with Gasteiger partial charge in [0.2, 0.25) is 5.95 Å². The number of anilines is 1. The van der Waals surface area contributed by atoms with Crippen molar-refractivity contribution >= 4 is 11.5 Å². The standard InChI is InChI=1S/C6H7N5O/c1-3-2-8-11-4(3)5(12)9-10-6(11)7/h2H,1H3,(H2,7,10)(H,9,12). The van der Waals surface area contributed by atoms with Crippen molar-refractivity contribution in [2.45, 2.75) is 6.92 Å². The number of nitrogen functional groups attached to an aromatic ring is 1. The van der Waals surface area contributed by atoms with Crippen molar-refractivity contribution in [1.29, 1.82) is 0 Å². The Hall–Kier alpha value is -1.85. The lowest BCUT2D eigenvalue weighted by Gasteiger charge is -1.94. The van der Waals surface area contributed by atoms with Gasteiger partial charge in [-0.3, -0.25) is 4.79 Å². The average molecular weight is 165 g/mol. The summed E-state index contributed by atoms with van der Waals surface area (Å²) < 4.78 is 1.31. The lowest BCUT2D eigenvalue weighted by Crippen LogP contribution is -2.16. The van der Waals surface area contributed by atoms with Crippen molar-refractivity contribution in [3.05, 3.63) is 22.1 Å². The van der Waals surface area contributed by atoms with Crippen molar-refractivity contribution in [1.82, 2.24) is 19.8 Å². The van der Waals surface area contributed by atoms with E-state index in [-0.39, 0.29) is 11.5 Å². The number of hydrogen-bond acceptors (Lipinski definition) is 4. The highest BCUT2D eigenvalue weighted by atomic mass is 16.1. The van der Waals surface area contributed by atoms with Gasteiger partial charge in [0.15, 0.2) is 0 Å². The minimum atomic E-state index is -0.279. The zero-order chi connectivity index (χ0) is 8.72. The van der Waals surface area contributed by atoms with Crippen LogP contribution in [0.1, 0.15) is 5.56 Å². The number of rotatable bonds is 0. The van der Waals surface area contributed by atoms with Crippen LogP contribution in [0.4, 0.5) is 5.95 Å². The molecule has 6 heteroatoms. The number of H-pyrrole nitrogens is 1. The summed E-state index contributed by atoms with van der Waals surface area (Å²) >= 11 is 0. The molecule has 2 aromatic heterocycles. The minimum absolute atomic E-state index is 0.178. The van der Waals surface area contributed by atoms with E-state index in [1.807, 2.05) is 0 Å². The van der Waals surface area contributed by atoms with E-state index in [0.29, 0.717) is 5.52 Å². The number of nitrogens with zero attached hydrogens (tertiary/aromatic N) is 3. The molecule has 0 amide bonds. The predicted octanol–water partition coefficient (Wildman–Crippen LogP) is -0.692. The summed E-state index contributed by atoms with van der Waals surface area (Å²) in [6.07, 6.45) is 1.57. The molecule has 62 valence electrons. The van der Waals surface area contributed by atoms with Crippen LogP contribution in [0.2, 0.25) is 0 Å². The van der Waals surface area contributed by atoms with E-state index in [9.17, 15) is 4.79 Å². The maximum Gasteiger partial charge on any atom is 0.290 e. The van der Waals surface area contributed by atoms with Gasteiger partial charge in [0.25, 0.3) is 5.56 Å². The van der Waals surface area contributed by atoms with Crippen molar-refractivity contribution in [2.75, 3.05) is 5.73 Å². The first-order valence-corrected chi connectivity index (χ1v) is 3.38. The molecule has 6 nitrogen and oxygen atoms in total. The number of nitrogens with two attached hydrogens (primary N) is 1. The summed E-state index contributed by atoms with van der Waals surface area (Å²) in [5.41, 5.74) is 6.41. The maximum absolute atomic E-state index is 11.2. The number of aromatic nitrogens is 4. The highest BCUT2D eigenvalue weighted by Crippen LogP contribution is 2.04. The Labute approximate surface area is 67.0 Å². The zero-order valence-corrected chi connectivity index (χ0v) is 6.40. The van der Waals surface area contributed by atoms with Gasteiger partial charge in [-0.25, -0.2) is 5.10 Å². The van der Waals surface area contributed by atoms with Crippen molar-refractivity contribution in [3.63, 3.8) is 0 Å². The summed E-state index contributed by atoms with van der Waals surface area (Å²) in [5, 5.41) is 9.73. The molecule has 3 N–H and O–H groups in total. The van der Waals surface area contributed by atoms with Crippen LogP contribution in [0.25, 0.3) is 5.52 Å². The third kappa shape index (κ3) is 0.714. The van der Waals surface area contributed by atoms with Gasteiger partial charge in [0.05, 0.1) is 6.20 Å².